The standard InChI is InChI=1S/C18H14FNO2/c1-12-3-2-4-15(11-12)20-18(21)17-10-9-16(22-17)13-5-7-14(19)8-6-13/h2-11H,1H3,(H,20,21). The second-order valence-corrected chi connectivity index (χ2v) is 4.99. The van der Waals surface area contributed by atoms with Gasteiger partial charge in [0, 0.05) is 11.3 Å². The van der Waals surface area contributed by atoms with E-state index in [4.69, 9.17) is 4.42 Å². The number of benzene rings is 2. The number of hydrogen-bond acceptors (Lipinski definition) is 2. The summed E-state index contributed by atoms with van der Waals surface area (Å²) < 4.78 is 18.5. The van der Waals surface area contributed by atoms with Gasteiger partial charge in [0.05, 0.1) is 0 Å². The van der Waals surface area contributed by atoms with Gasteiger partial charge in [0.15, 0.2) is 5.76 Å². The number of halogens is 1. The molecule has 3 aromatic rings. The van der Waals surface area contributed by atoms with E-state index in [0.29, 0.717) is 11.4 Å². The van der Waals surface area contributed by atoms with Crippen LogP contribution in [0.5, 0.6) is 0 Å². The van der Waals surface area contributed by atoms with Crippen molar-refractivity contribution < 1.29 is 13.6 Å². The molecule has 0 aliphatic rings. The van der Waals surface area contributed by atoms with Crippen LogP contribution in [0.4, 0.5) is 10.1 Å². The van der Waals surface area contributed by atoms with Crippen molar-refractivity contribution in [2.75, 3.05) is 5.32 Å². The van der Waals surface area contributed by atoms with Crippen LogP contribution in [-0.4, -0.2) is 5.91 Å². The Balaban J connectivity index is 1.78. The molecule has 0 spiro atoms. The van der Waals surface area contributed by atoms with Crippen molar-refractivity contribution in [3.63, 3.8) is 0 Å². The van der Waals surface area contributed by atoms with Gasteiger partial charge in [-0.25, -0.2) is 4.39 Å². The van der Waals surface area contributed by atoms with Gasteiger partial charge in [-0.1, -0.05) is 12.1 Å². The Labute approximate surface area is 127 Å². The highest BCUT2D eigenvalue weighted by Gasteiger charge is 2.12. The Kier molecular flexibility index (Phi) is 3.74. The average molecular weight is 295 g/mol. The van der Waals surface area contributed by atoms with Crippen LogP contribution in [0.25, 0.3) is 11.3 Å². The summed E-state index contributed by atoms with van der Waals surface area (Å²) in [5.41, 5.74) is 2.49. The number of amides is 1. The Hall–Kier alpha value is -2.88. The number of hydrogen-bond donors (Lipinski definition) is 1. The molecule has 1 N–H and O–H groups in total. The molecule has 2 aromatic carbocycles. The number of carbonyl (C=O) groups excluding carboxylic acids is 1. The van der Waals surface area contributed by atoms with Gasteiger partial charge in [0.2, 0.25) is 0 Å². The fraction of sp³-hybridized carbons (Fsp3) is 0.0556. The Bertz CT molecular complexity index is 806. The summed E-state index contributed by atoms with van der Waals surface area (Å²) in [6.07, 6.45) is 0. The van der Waals surface area contributed by atoms with Crippen molar-refractivity contribution in [3.05, 3.63) is 77.8 Å². The molecule has 0 aliphatic carbocycles. The number of rotatable bonds is 3. The molecule has 0 unspecified atom stereocenters. The molecular weight excluding hydrogens is 281 g/mol. The Morgan fingerprint density at radius 1 is 1.05 bits per heavy atom. The van der Waals surface area contributed by atoms with E-state index in [9.17, 15) is 9.18 Å². The van der Waals surface area contributed by atoms with Crippen LogP contribution in [0.15, 0.2) is 65.1 Å². The van der Waals surface area contributed by atoms with Gasteiger partial charge >= 0.3 is 0 Å². The first-order valence-corrected chi connectivity index (χ1v) is 6.85. The maximum absolute atomic E-state index is 12.9. The molecule has 0 bridgehead atoms. The van der Waals surface area contributed by atoms with Gasteiger partial charge in [-0.2, -0.15) is 0 Å². The number of nitrogens with one attached hydrogen (secondary N) is 1. The SMILES string of the molecule is Cc1cccc(NC(=O)c2ccc(-c3ccc(F)cc3)o2)c1. The smallest absolute Gasteiger partial charge is 0.291 e. The molecule has 22 heavy (non-hydrogen) atoms. The molecule has 0 saturated heterocycles. The monoisotopic (exact) mass is 295 g/mol. The second kappa shape index (κ2) is 5.85. The summed E-state index contributed by atoms with van der Waals surface area (Å²) in [6, 6.07) is 16.7. The third-order valence-electron chi connectivity index (χ3n) is 3.23. The molecule has 1 aromatic heterocycles. The van der Waals surface area contributed by atoms with Crippen LogP contribution in [0.3, 0.4) is 0 Å². The van der Waals surface area contributed by atoms with Crippen LogP contribution in [-0.2, 0) is 0 Å². The van der Waals surface area contributed by atoms with Crippen LogP contribution in [0, 0.1) is 12.7 Å². The normalized spacial score (nSPS) is 10.5. The highest BCUT2D eigenvalue weighted by Crippen LogP contribution is 2.23. The van der Waals surface area contributed by atoms with E-state index < -0.39 is 0 Å². The van der Waals surface area contributed by atoms with Gasteiger partial charge in [-0.3, -0.25) is 4.79 Å². The minimum absolute atomic E-state index is 0.209. The third-order valence-corrected chi connectivity index (χ3v) is 3.23. The van der Waals surface area contributed by atoms with Crippen molar-refractivity contribution in [2.45, 2.75) is 6.92 Å². The second-order valence-electron chi connectivity index (χ2n) is 4.99. The molecule has 3 rings (SSSR count). The van der Waals surface area contributed by atoms with E-state index in [1.165, 1.54) is 12.1 Å². The third kappa shape index (κ3) is 3.06. The minimum Gasteiger partial charge on any atom is -0.451 e. The van der Waals surface area contributed by atoms with Gasteiger partial charge in [0.1, 0.15) is 11.6 Å². The van der Waals surface area contributed by atoms with Crippen molar-refractivity contribution in [1.82, 2.24) is 0 Å². The first kappa shape index (κ1) is 14.1. The molecule has 0 fully saturated rings. The van der Waals surface area contributed by atoms with Crippen LogP contribution >= 0.6 is 0 Å². The van der Waals surface area contributed by atoms with E-state index in [-0.39, 0.29) is 17.5 Å². The minimum atomic E-state index is -0.320. The van der Waals surface area contributed by atoms with E-state index in [0.717, 1.165) is 11.1 Å². The lowest BCUT2D eigenvalue weighted by atomic mass is 10.2. The number of aryl methyl sites for hydroxylation is 1. The largest absolute Gasteiger partial charge is 0.451 e. The van der Waals surface area contributed by atoms with Crippen molar-refractivity contribution in [2.24, 2.45) is 0 Å². The zero-order valence-electron chi connectivity index (χ0n) is 12.0. The summed E-state index contributed by atoms with van der Waals surface area (Å²) in [4.78, 5) is 12.2. The van der Waals surface area contributed by atoms with Gasteiger partial charge < -0.3 is 9.73 Å². The molecule has 4 heteroatoms. The zero-order chi connectivity index (χ0) is 15.5. The van der Waals surface area contributed by atoms with Crippen molar-refractivity contribution in [3.8, 4) is 11.3 Å². The van der Waals surface area contributed by atoms with Crippen LogP contribution in [0.1, 0.15) is 16.1 Å². The molecule has 110 valence electrons. The predicted molar refractivity (Wildman–Crippen MR) is 83.2 cm³/mol. The quantitative estimate of drug-likeness (QED) is 0.764. The van der Waals surface area contributed by atoms with Gasteiger partial charge in [-0.05, 0) is 61.0 Å². The molecule has 0 atom stereocenters. The lowest BCUT2D eigenvalue weighted by Crippen LogP contribution is -2.10. The van der Waals surface area contributed by atoms with Crippen molar-refractivity contribution >= 4 is 11.6 Å². The summed E-state index contributed by atoms with van der Waals surface area (Å²) in [5.74, 6) is 0.0990. The maximum atomic E-state index is 12.9. The van der Waals surface area contributed by atoms with Crippen LogP contribution < -0.4 is 5.32 Å². The highest BCUT2D eigenvalue weighted by molar-refractivity contribution is 6.02. The molecule has 0 aliphatic heterocycles. The lowest BCUT2D eigenvalue weighted by Gasteiger charge is -2.04. The summed E-state index contributed by atoms with van der Waals surface area (Å²) in [5, 5.41) is 2.78. The molecule has 1 amide bonds. The summed E-state index contributed by atoms with van der Waals surface area (Å²) in [7, 11) is 0. The lowest BCUT2D eigenvalue weighted by molar-refractivity contribution is 0.0997. The molecule has 3 nitrogen and oxygen atoms in total. The predicted octanol–water partition coefficient (Wildman–Crippen LogP) is 4.65. The van der Waals surface area contributed by atoms with Gasteiger partial charge in [-0.15, -0.1) is 0 Å². The first-order valence-electron chi connectivity index (χ1n) is 6.85. The molecule has 0 radical (unpaired) electrons. The Morgan fingerprint density at radius 3 is 2.55 bits per heavy atom. The van der Waals surface area contributed by atoms with E-state index >= 15 is 0 Å². The molecule has 1 heterocycles. The first-order chi connectivity index (χ1) is 10.6. The number of furan rings is 1. The van der Waals surface area contributed by atoms with Crippen LogP contribution in [0.2, 0.25) is 0 Å². The molecular formula is C18H14FNO2. The van der Waals surface area contributed by atoms with Crippen molar-refractivity contribution in [1.29, 1.82) is 0 Å². The Morgan fingerprint density at radius 2 is 1.82 bits per heavy atom. The summed E-state index contributed by atoms with van der Waals surface area (Å²) >= 11 is 0. The summed E-state index contributed by atoms with van der Waals surface area (Å²) in [6.45, 7) is 1.95. The van der Waals surface area contributed by atoms with Gasteiger partial charge in [0.25, 0.3) is 5.91 Å². The fourth-order valence-electron chi connectivity index (χ4n) is 2.14. The number of carbonyl (C=O) groups is 1. The zero-order valence-corrected chi connectivity index (χ0v) is 12.0. The maximum Gasteiger partial charge on any atom is 0.291 e. The highest BCUT2D eigenvalue weighted by atomic mass is 19.1. The van der Waals surface area contributed by atoms with E-state index in [2.05, 4.69) is 5.32 Å². The number of anilines is 1. The van der Waals surface area contributed by atoms with E-state index in [1.807, 2.05) is 31.2 Å². The molecule has 0 saturated carbocycles. The average Bonchev–Trinajstić information content (AvgIpc) is 2.98. The van der Waals surface area contributed by atoms with E-state index in [1.54, 1.807) is 24.3 Å². The fourth-order valence-corrected chi connectivity index (χ4v) is 2.14. The topological polar surface area (TPSA) is 42.2 Å².